The van der Waals surface area contributed by atoms with Gasteiger partial charge < -0.3 is 0 Å². The van der Waals surface area contributed by atoms with Crippen molar-refractivity contribution in [2.75, 3.05) is 0 Å². The number of rotatable bonds is 10. The number of allylic oxidation sites excluding steroid dienone is 3. The van der Waals surface area contributed by atoms with E-state index in [0.29, 0.717) is 0 Å². The molecule has 0 aliphatic heterocycles. The smallest absolute Gasteiger partial charge is 0.0272 e. The summed E-state index contributed by atoms with van der Waals surface area (Å²) in [5, 5.41) is 0. The van der Waals surface area contributed by atoms with Gasteiger partial charge in [-0.3, -0.25) is 0 Å². The van der Waals surface area contributed by atoms with Crippen LogP contribution in [0.4, 0.5) is 0 Å². The lowest BCUT2D eigenvalue weighted by atomic mass is 9.57. The van der Waals surface area contributed by atoms with Gasteiger partial charge in [-0.05, 0) is 29.5 Å². The second-order valence-electron chi connectivity index (χ2n) is 7.48. The van der Waals surface area contributed by atoms with Crippen molar-refractivity contribution in [1.82, 2.24) is 0 Å². The molecule has 3 aromatic carbocycles. The number of benzene rings is 3. The van der Waals surface area contributed by atoms with Gasteiger partial charge in [0.05, 0.1) is 0 Å². The van der Waals surface area contributed by atoms with Crippen LogP contribution in [0.5, 0.6) is 0 Å². The Labute approximate surface area is 175 Å². The molecule has 0 bridgehead atoms. The van der Waals surface area contributed by atoms with E-state index in [4.69, 9.17) is 0 Å². The van der Waals surface area contributed by atoms with Crippen molar-refractivity contribution in [3.05, 3.63) is 146 Å². The summed E-state index contributed by atoms with van der Waals surface area (Å²) in [4.78, 5) is 0. The van der Waals surface area contributed by atoms with E-state index in [2.05, 4.69) is 117 Å². The van der Waals surface area contributed by atoms with E-state index >= 15 is 0 Å². The number of hydrogen-bond donors (Lipinski definition) is 0. The van der Waals surface area contributed by atoms with Gasteiger partial charge in [-0.1, -0.05) is 109 Å². The van der Waals surface area contributed by atoms with Crippen LogP contribution in [-0.4, -0.2) is 0 Å². The molecule has 0 saturated carbocycles. The Morgan fingerprint density at radius 2 is 0.966 bits per heavy atom. The van der Waals surface area contributed by atoms with Gasteiger partial charge in [0.1, 0.15) is 0 Å². The van der Waals surface area contributed by atoms with Crippen molar-refractivity contribution in [1.29, 1.82) is 0 Å². The maximum Gasteiger partial charge on any atom is 0.0272 e. The maximum atomic E-state index is 4.40. The molecular formula is C29H30. The Balaban J connectivity index is 2.32. The normalized spacial score (nSPS) is 14.9. The summed E-state index contributed by atoms with van der Waals surface area (Å²) in [5.74, 6) is 0.428. The molecule has 3 aromatic rings. The van der Waals surface area contributed by atoms with Crippen molar-refractivity contribution in [2.45, 2.75) is 30.1 Å². The maximum absolute atomic E-state index is 4.40. The molecule has 0 N–H and O–H groups in total. The van der Waals surface area contributed by atoms with Crippen molar-refractivity contribution in [3.63, 3.8) is 0 Å². The first-order valence-corrected chi connectivity index (χ1v) is 10.3. The minimum Gasteiger partial charge on any atom is -0.103 e. The molecule has 0 aliphatic carbocycles. The van der Waals surface area contributed by atoms with Gasteiger partial charge in [-0.25, -0.2) is 0 Å². The molecule has 2 unspecified atom stereocenters. The second kappa shape index (κ2) is 9.89. The van der Waals surface area contributed by atoms with E-state index < -0.39 is 0 Å². The average Bonchev–Trinajstić information content (AvgIpc) is 2.80. The predicted molar refractivity (Wildman–Crippen MR) is 126 cm³/mol. The Morgan fingerprint density at radius 3 is 1.31 bits per heavy atom. The van der Waals surface area contributed by atoms with Crippen LogP contribution in [0.1, 0.15) is 41.4 Å². The fourth-order valence-corrected chi connectivity index (χ4v) is 4.69. The van der Waals surface area contributed by atoms with E-state index in [-0.39, 0.29) is 17.3 Å². The monoisotopic (exact) mass is 378 g/mol. The van der Waals surface area contributed by atoms with Crippen molar-refractivity contribution in [3.8, 4) is 0 Å². The SMILES string of the molecule is C=CCC(c1ccccc1)C(C=C)(c1ccccc1)C(CC=C)c1ccccc1. The lowest BCUT2D eigenvalue weighted by molar-refractivity contribution is 0.348. The van der Waals surface area contributed by atoms with Gasteiger partial charge in [0, 0.05) is 17.3 Å². The molecule has 29 heavy (non-hydrogen) atoms. The molecule has 146 valence electrons. The molecule has 0 radical (unpaired) electrons. The van der Waals surface area contributed by atoms with E-state index in [0.717, 1.165) is 12.8 Å². The van der Waals surface area contributed by atoms with Gasteiger partial charge in [-0.15, -0.1) is 19.7 Å². The molecule has 0 aliphatic rings. The van der Waals surface area contributed by atoms with Gasteiger partial charge in [0.2, 0.25) is 0 Å². The van der Waals surface area contributed by atoms with Crippen molar-refractivity contribution < 1.29 is 0 Å². The molecule has 0 amide bonds. The lowest BCUT2D eigenvalue weighted by Gasteiger charge is -2.45. The van der Waals surface area contributed by atoms with Crippen LogP contribution in [0.3, 0.4) is 0 Å². The topological polar surface area (TPSA) is 0 Å². The fraction of sp³-hybridized carbons (Fsp3) is 0.172. The van der Waals surface area contributed by atoms with E-state index in [1.54, 1.807) is 0 Å². The summed E-state index contributed by atoms with van der Waals surface area (Å²) in [6.07, 6.45) is 7.98. The molecule has 0 nitrogen and oxygen atoms in total. The van der Waals surface area contributed by atoms with Crippen LogP contribution in [0.25, 0.3) is 0 Å². The summed E-state index contributed by atoms with van der Waals surface area (Å²) >= 11 is 0. The molecule has 3 rings (SSSR count). The predicted octanol–water partition coefficient (Wildman–Crippen LogP) is 7.83. The molecule has 0 saturated heterocycles. The standard InChI is InChI=1S/C29H30/c1-4-16-27(24-18-10-7-11-19-24)29(6-3,26-22-14-9-15-23-26)28(17-5-2)25-20-12-8-13-21-25/h4-15,18-23,27-28H,1-3,16-17H2. The Hall–Kier alpha value is -3.12. The quantitative estimate of drug-likeness (QED) is 0.315. The third-order valence-corrected chi connectivity index (χ3v) is 5.97. The summed E-state index contributed by atoms with van der Waals surface area (Å²) < 4.78 is 0. The third kappa shape index (κ3) is 4.17. The summed E-state index contributed by atoms with van der Waals surface area (Å²) in [6.45, 7) is 12.6. The van der Waals surface area contributed by atoms with Crippen LogP contribution >= 0.6 is 0 Å². The largest absolute Gasteiger partial charge is 0.103 e. The van der Waals surface area contributed by atoms with E-state index in [1.165, 1.54) is 16.7 Å². The van der Waals surface area contributed by atoms with Gasteiger partial charge >= 0.3 is 0 Å². The first-order valence-electron chi connectivity index (χ1n) is 10.3. The minimum absolute atomic E-state index is 0.214. The first kappa shape index (κ1) is 20.6. The molecule has 2 atom stereocenters. The van der Waals surface area contributed by atoms with E-state index in [1.807, 2.05) is 12.2 Å². The molecular weight excluding hydrogens is 348 g/mol. The van der Waals surface area contributed by atoms with Crippen molar-refractivity contribution >= 4 is 0 Å². The average molecular weight is 379 g/mol. The fourth-order valence-electron chi connectivity index (χ4n) is 4.69. The first-order chi connectivity index (χ1) is 14.3. The highest BCUT2D eigenvalue weighted by Crippen LogP contribution is 2.53. The Morgan fingerprint density at radius 1 is 0.586 bits per heavy atom. The van der Waals surface area contributed by atoms with Crippen LogP contribution in [0.2, 0.25) is 0 Å². The zero-order valence-corrected chi connectivity index (χ0v) is 17.1. The van der Waals surface area contributed by atoms with Gasteiger partial charge in [0.15, 0.2) is 0 Å². The van der Waals surface area contributed by atoms with Crippen molar-refractivity contribution in [2.24, 2.45) is 0 Å². The summed E-state index contributed by atoms with van der Waals surface area (Å²) in [5.41, 5.74) is 3.59. The Kier molecular flexibility index (Phi) is 7.03. The summed E-state index contributed by atoms with van der Waals surface area (Å²) in [7, 11) is 0. The summed E-state index contributed by atoms with van der Waals surface area (Å²) in [6, 6.07) is 32.3. The van der Waals surface area contributed by atoms with Crippen LogP contribution in [-0.2, 0) is 5.41 Å². The molecule has 0 aromatic heterocycles. The van der Waals surface area contributed by atoms with E-state index in [9.17, 15) is 0 Å². The zero-order valence-electron chi connectivity index (χ0n) is 17.1. The highest BCUT2D eigenvalue weighted by Gasteiger charge is 2.44. The highest BCUT2D eigenvalue weighted by atomic mass is 14.5. The van der Waals surface area contributed by atoms with Crippen LogP contribution in [0, 0.1) is 0 Å². The lowest BCUT2D eigenvalue weighted by Crippen LogP contribution is -2.38. The van der Waals surface area contributed by atoms with Gasteiger partial charge in [0.25, 0.3) is 0 Å². The Bertz CT molecular complexity index is 853. The molecule has 0 heterocycles. The minimum atomic E-state index is -0.299. The molecule has 0 heteroatoms. The van der Waals surface area contributed by atoms with Crippen LogP contribution < -0.4 is 0 Å². The van der Waals surface area contributed by atoms with Crippen LogP contribution in [0.15, 0.2) is 129 Å². The second-order valence-corrected chi connectivity index (χ2v) is 7.48. The zero-order chi connectivity index (χ0) is 20.5. The molecule has 0 fully saturated rings. The van der Waals surface area contributed by atoms with Gasteiger partial charge in [-0.2, -0.15) is 0 Å². The molecule has 0 spiro atoms. The number of hydrogen-bond acceptors (Lipinski definition) is 0. The highest BCUT2D eigenvalue weighted by molar-refractivity contribution is 5.44. The third-order valence-electron chi connectivity index (χ3n) is 5.97.